The Kier molecular flexibility index (Phi) is 6.06. The lowest BCUT2D eigenvalue weighted by Crippen LogP contribution is -2.39. The van der Waals surface area contributed by atoms with Crippen molar-refractivity contribution in [3.8, 4) is 0 Å². The molecule has 0 atom stereocenters. The number of hydrogen-bond donors (Lipinski definition) is 1. The topological polar surface area (TPSA) is 63.4 Å². The van der Waals surface area contributed by atoms with Crippen LogP contribution in [0.25, 0.3) is 0 Å². The molecule has 0 saturated heterocycles. The van der Waals surface area contributed by atoms with Crippen molar-refractivity contribution in [3.05, 3.63) is 22.7 Å². The molecule has 0 saturated carbocycles. The van der Waals surface area contributed by atoms with Crippen LogP contribution >= 0.6 is 15.9 Å². The van der Waals surface area contributed by atoms with Crippen LogP contribution in [0.1, 0.15) is 19.8 Å². The van der Waals surface area contributed by atoms with Crippen molar-refractivity contribution >= 4 is 31.6 Å². The maximum Gasteiger partial charge on any atom is 0.402 e. The minimum Gasteiger partial charge on any atom is -0.399 e. The second-order valence-electron chi connectivity index (χ2n) is 4.50. The van der Waals surface area contributed by atoms with E-state index in [-0.39, 0.29) is 15.9 Å². The van der Waals surface area contributed by atoms with Crippen LogP contribution < -0.4 is 5.73 Å². The third kappa shape index (κ3) is 5.15. The van der Waals surface area contributed by atoms with E-state index < -0.39 is 22.7 Å². The van der Waals surface area contributed by atoms with E-state index in [4.69, 9.17) is 5.73 Å². The largest absolute Gasteiger partial charge is 0.402 e. The predicted molar refractivity (Wildman–Crippen MR) is 78.3 cm³/mol. The molecule has 4 nitrogen and oxygen atoms in total. The first kappa shape index (κ1) is 18.2. The molecule has 1 aromatic carbocycles. The zero-order valence-electron chi connectivity index (χ0n) is 11.3. The third-order valence-corrected chi connectivity index (χ3v) is 5.51. The maximum atomic E-state index is 12.6. The first-order valence-electron chi connectivity index (χ1n) is 6.20. The van der Waals surface area contributed by atoms with E-state index in [0.29, 0.717) is 22.8 Å². The van der Waals surface area contributed by atoms with Gasteiger partial charge in [-0.2, -0.15) is 17.5 Å². The molecular weight excluding hydrogens is 373 g/mol. The van der Waals surface area contributed by atoms with Gasteiger partial charge >= 0.3 is 6.18 Å². The number of sulfonamides is 1. The van der Waals surface area contributed by atoms with Crippen LogP contribution in [0.15, 0.2) is 27.6 Å². The average Bonchev–Trinajstić information content (AvgIpc) is 2.32. The second kappa shape index (κ2) is 6.97. The van der Waals surface area contributed by atoms with Gasteiger partial charge in [0.1, 0.15) is 6.54 Å². The van der Waals surface area contributed by atoms with Crippen LogP contribution in [-0.2, 0) is 10.0 Å². The van der Waals surface area contributed by atoms with Crippen LogP contribution in [-0.4, -0.2) is 32.0 Å². The molecule has 0 aliphatic rings. The molecule has 0 bridgehead atoms. The second-order valence-corrected chi connectivity index (χ2v) is 7.26. The van der Waals surface area contributed by atoms with Crippen molar-refractivity contribution in [3.63, 3.8) is 0 Å². The number of nitrogen functional groups attached to an aromatic ring is 1. The zero-order valence-corrected chi connectivity index (χ0v) is 13.7. The van der Waals surface area contributed by atoms with Gasteiger partial charge in [-0.25, -0.2) is 8.42 Å². The number of benzene rings is 1. The third-order valence-electron chi connectivity index (χ3n) is 2.69. The van der Waals surface area contributed by atoms with Crippen molar-refractivity contribution in [1.29, 1.82) is 0 Å². The van der Waals surface area contributed by atoms with Gasteiger partial charge in [0, 0.05) is 16.7 Å². The van der Waals surface area contributed by atoms with E-state index in [1.165, 1.54) is 18.2 Å². The molecule has 1 aromatic rings. The molecule has 0 spiro atoms. The summed E-state index contributed by atoms with van der Waals surface area (Å²) in [7, 11) is -4.24. The van der Waals surface area contributed by atoms with Gasteiger partial charge in [0.05, 0.1) is 4.90 Å². The number of unbranched alkanes of at least 4 members (excludes halogenated alkanes) is 1. The standard InChI is InChI=1S/C12H16BrF3N2O2S/c1-2-3-6-18(8-12(14,15)16)21(19,20)11-5-4-9(17)7-10(11)13/h4-5,7H,2-3,6,8,17H2,1H3. The average molecular weight is 389 g/mol. The van der Waals surface area contributed by atoms with Gasteiger partial charge in [-0.1, -0.05) is 13.3 Å². The summed E-state index contributed by atoms with van der Waals surface area (Å²) in [6.07, 6.45) is -3.66. The number of anilines is 1. The van der Waals surface area contributed by atoms with Gasteiger partial charge in [0.2, 0.25) is 10.0 Å². The van der Waals surface area contributed by atoms with Crippen molar-refractivity contribution < 1.29 is 21.6 Å². The van der Waals surface area contributed by atoms with E-state index in [1.54, 1.807) is 6.92 Å². The molecule has 120 valence electrons. The van der Waals surface area contributed by atoms with Gasteiger partial charge in [-0.05, 0) is 40.5 Å². The van der Waals surface area contributed by atoms with E-state index >= 15 is 0 Å². The van der Waals surface area contributed by atoms with Crippen molar-refractivity contribution in [2.75, 3.05) is 18.8 Å². The molecule has 1 rings (SSSR count). The highest BCUT2D eigenvalue weighted by Gasteiger charge is 2.37. The van der Waals surface area contributed by atoms with Gasteiger partial charge < -0.3 is 5.73 Å². The first-order valence-corrected chi connectivity index (χ1v) is 8.43. The number of nitrogens with two attached hydrogens (primary N) is 1. The lowest BCUT2D eigenvalue weighted by atomic mass is 10.3. The summed E-state index contributed by atoms with van der Waals surface area (Å²) in [5.74, 6) is 0. The first-order chi connectivity index (χ1) is 9.58. The summed E-state index contributed by atoms with van der Waals surface area (Å²) in [6.45, 7) is 0.0822. The summed E-state index contributed by atoms with van der Waals surface area (Å²) in [6, 6.07) is 3.88. The van der Waals surface area contributed by atoms with Crippen LogP contribution in [0, 0.1) is 0 Å². The Morgan fingerprint density at radius 1 is 1.33 bits per heavy atom. The number of alkyl halides is 3. The van der Waals surface area contributed by atoms with Gasteiger partial charge in [0.25, 0.3) is 0 Å². The van der Waals surface area contributed by atoms with Crippen molar-refractivity contribution in [1.82, 2.24) is 4.31 Å². The fourth-order valence-electron chi connectivity index (χ4n) is 1.68. The molecule has 2 N–H and O–H groups in total. The normalized spacial score (nSPS) is 12.9. The zero-order chi connectivity index (χ0) is 16.3. The Morgan fingerprint density at radius 3 is 2.43 bits per heavy atom. The lowest BCUT2D eigenvalue weighted by Gasteiger charge is -2.23. The Balaban J connectivity index is 3.19. The highest BCUT2D eigenvalue weighted by atomic mass is 79.9. The summed E-state index contributed by atoms with van der Waals surface area (Å²) in [5.41, 5.74) is 5.83. The molecule has 9 heteroatoms. The van der Waals surface area contributed by atoms with Crippen LogP contribution in [0.5, 0.6) is 0 Å². The predicted octanol–water partition coefficient (Wildman–Crippen LogP) is 3.38. The quantitative estimate of drug-likeness (QED) is 0.759. The summed E-state index contributed by atoms with van der Waals surface area (Å²) in [4.78, 5) is -0.225. The Morgan fingerprint density at radius 2 is 1.95 bits per heavy atom. The molecule has 0 heterocycles. The summed E-state index contributed by atoms with van der Waals surface area (Å²) >= 11 is 3.03. The van der Waals surface area contributed by atoms with Crippen LogP contribution in [0.2, 0.25) is 0 Å². The molecule has 0 unspecified atom stereocenters. The lowest BCUT2D eigenvalue weighted by molar-refractivity contribution is -0.136. The van der Waals surface area contributed by atoms with Gasteiger partial charge in [-0.15, -0.1) is 0 Å². The molecule has 21 heavy (non-hydrogen) atoms. The van der Waals surface area contributed by atoms with Crippen LogP contribution in [0.3, 0.4) is 0 Å². The summed E-state index contributed by atoms with van der Waals surface area (Å²) in [5, 5.41) is 0. The van der Waals surface area contributed by atoms with Crippen molar-refractivity contribution in [2.45, 2.75) is 30.8 Å². The number of halogens is 4. The van der Waals surface area contributed by atoms with Crippen molar-refractivity contribution in [2.24, 2.45) is 0 Å². The van der Waals surface area contributed by atoms with E-state index in [9.17, 15) is 21.6 Å². The fourth-order valence-corrected chi connectivity index (χ4v) is 4.20. The molecular formula is C12H16BrF3N2O2S. The molecule has 0 radical (unpaired) electrons. The summed E-state index contributed by atoms with van der Waals surface area (Å²) < 4.78 is 63.2. The minimum absolute atomic E-state index is 0.145. The molecule has 0 fully saturated rings. The Hall–Kier alpha value is -0.800. The Bertz CT molecular complexity index is 591. The molecule has 0 aromatic heterocycles. The van der Waals surface area contributed by atoms with E-state index in [0.717, 1.165) is 0 Å². The monoisotopic (exact) mass is 388 g/mol. The van der Waals surface area contributed by atoms with Gasteiger partial charge in [0.15, 0.2) is 0 Å². The SMILES string of the molecule is CCCCN(CC(F)(F)F)S(=O)(=O)c1ccc(N)cc1Br. The fraction of sp³-hybridized carbons (Fsp3) is 0.500. The molecule has 0 aliphatic carbocycles. The maximum absolute atomic E-state index is 12.6. The van der Waals surface area contributed by atoms with E-state index in [1.807, 2.05) is 0 Å². The minimum atomic E-state index is -4.60. The highest BCUT2D eigenvalue weighted by Crippen LogP contribution is 2.29. The van der Waals surface area contributed by atoms with Crippen LogP contribution in [0.4, 0.5) is 18.9 Å². The smallest absolute Gasteiger partial charge is 0.399 e. The molecule has 0 aliphatic heterocycles. The highest BCUT2D eigenvalue weighted by molar-refractivity contribution is 9.10. The number of hydrogen-bond acceptors (Lipinski definition) is 3. The van der Waals surface area contributed by atoms with Gasteiger partial charge in [-0.3, -0.25) is 0 Å². The number of rotatable bonds is 6. The number of nitrogens with zero attached hydrogens (tertiary/aromatic N) is 1. The molecule has 0 amide bonds. The Labute approximate surface area is 130 Å². The van der Waals surface area contributed by atoms with E-state index in [2.05, 4.69) is 15.9 Å².